The van der Waals surface area contributed by atoms with E-state index >= 15 is 0 Å². The van der Waals surface area contributed by atoms with Crippen molar-refractivity contribution in [2.24, 2.45) is 0 Å². The maximum atomic E-state index is 13.3. The Morgan fingerprint density at radius 1 is 1.03 bits per heavy atom. The lowest BCUT2D eigenvalue weighted by atomic mass is 10.1. The van der Waals surface area contributed by atoms with E-state index < -0.39 is 6.04 Å². The van der Waals surface area contributed by atoms with Crippen molar-refractivity contribution < 1.29 is 19.1 Å². The van der Waals surface area contributed by atoms with Gasteiger partial charge in [0, 0.05) is 19.0 Å². The van der Waals surface area contributed by atoms with Crippen LogP contribution in [-0.4, -0.2) is 35.6 Å². The van der Waals surface area contributed by atoms with Gasteiger partial charge in [-0.3, -0.25) is 9.59 Å². The number of carbonyl (C=O) groups is 2. The first-order valence-electron chi connectivity index (χ1n) is 10.7. The molecule has 172 valence electrons. The van der Waals surface area contributed by atoms with Crippen LogP contribution in [0.2, 0.25) is 10.0 Å². The van der Waals surface area contributed by atoms with Crippen LogP contribution < -0.4 is 14.8 Å². The Morgan fingerprint density at radius 2 is 1.75 bits per heavy atom. The summed E-state index contributed by atoms with van der Waals surface area (Å²) in [6.07, 6.45) is 1.28. The molecule has 3 rings (SSSR count). The van der Waals surface area contributed by atoms with E-state index in [2.05, 4.69) is 5.32 Å². The summed E-state index contributed by atoms with van der Waals surface area (Å²) in [5.74, 6) is 1.11. The van der Waals surface area contributed by atoms with E-state index in [0.717, 1.165) is 11.1 Å². The van der Waals surface area contributed by atoms with Crippen molar-refractivity contribution in [1.82, 2.24) is 10.2 Å². The average Bonchev–Trinajstić information content (AvgIpc) is 3.21. The van der Waals surface area contributed by atoms with Crippen molar-refractivity contribution in [1.29, 1.82) is 0 Å². The minimum Gasteiger partial charge on any atom is -0.454 e. The largest absolute Gasteiger partial charge is 0.454 e. The molecule has 1 heterocycles. The molecule has 1 aliphatic heterocycles. The number of halogens is 2. The molecule has 0 radical (unpaired) electrons. The summed E-state index contributed by atoms with van der Waals surface area (Å²) >= 11 is 12.2. The molecular weight excluding hydrogens is 451 g/mol. The molecular formula is C24H28Cl2N2O4. The Balaban J connectivity index is 1.78. The van der Waals surface area contributed by atoms with Crippen LogP contribution in [0, 0.1) is 0 Å². The topological polar surface area (TPSA) is 67.9 Å². The molecule has 0 aliphatic carbocycles. The number of hydrogen-bond acceptors (Lipinski definition) is 4. The number of carbonyl (C=O) groups excluding carboxylic acids is 2. The Kier molecular flexibility index (Phi) is 8.26. The van der Waals surface area contributed by atoms with Crippen LogP contribution in [0.5, 0.6) is 11.5 Å². The van der Waals surface area contributed by atoms with Crippen molar-refractivity contribution in [2.45, 2.75) is 58.7 Å². The van der Waals surface area contributed by atoms with Crippen LogP contribution in [0.25, 0.3) is 0 Å². The molecule has 0 saturated carbocycles. The third-order valence-corrected chi connectivity index (χ3v) is 5.96. The fourth-order valence-corrected chi connectivity index (χ4v) is 3.95. The molecule has 0 spiro atoms. The second-order valence-electron chi connectivity index (χ2n) is 8.05. The van der Waals surface area contributed by atoms with Crippen molar-refractivity contribution in [3.05, 3.63) is 57.6 Å². The second-order valence-corrected chi connectivity index (χ2v) is 8.86. The molecule has 6 nitrogen and oxygen atoms in total. The van der Waals surface area contributed by atoms with Gasteiger partial charge in [0.25, 0.3) is 0 Å². The zero-order valence-electron chi connectivity index (χ0n) is 18.5. The molecule has 1 aliphatic rings. The SMILES string of the molecule is CC[C@@H](C(=O)NC(C)C)N(Cc1ccc(Cl)c(Cl)c1)C(=O)CCc1ccc2c(c1)OCO2. The maximum absolute atomic E-state index is 13.3. The highest BCUT2D eigenvalue weighted by atomic mass is 35.5. The summed E-state index contributed by atoms with van der Waals surface area (Å²) in [7, 11) is 0. The van der Waals surface area contributed by atoms with Crippen molar-refractivity contribution in [3.63, 3.8) is 0 Å². The molecule has 2 amide bonds. The van der Waals surface area contributed by atoms with Crippen LogP contribution in [0.15, 0.2) is 36.4 Å². The molecule has 0 aromatic heterocycles. The minimum atomic E-state index is -0.587. The van der Waals surface area contributed by atoms with Crippen molar-refractivity contribution >= 4 is 35.0 Å². The fourth-order valence-electron chi connectivity index (χ4n) is 3.63. The second kappa shape index (κ2) is 10.9. The van der Waals surface area contributed by atoms with E-state index in [0.29, 0.717) is 34.4 Å². The van der Waals surface area contributed by atoms with Crippen molar-refractivity contribution in [3.8, 4) is 11.5 Å². The minimum absolute atomic E-state index is 0.0212. The summed E-state index contributed by atoms with van der Waals surface area (Å²) in [5, 5.41) is 3.79. The van der Waals surface area contributed by atoms with E-state index in [4.69, 9.17) is 32.7 Å². The van der Waals surface area contributed by atoms with Crippen molar-refractivity contribution in [2.75, 3.05) is 6.79 Å². The summed E-state index contributed by atoms with van der Waals surface area (Å²) in [5.41, 5.74) is 1.78. The zero-order chi connectivity index (χ0) is 23.3. The lowest BCUT2D eigenvalue weighted by Crippen LogP contribution is -2.50. The smallest absolute Gasteiger partial charge is 0.243 e. The summed E-state index contributed by atoms with van der Waals surface area (Å²) in [6, 6.07) is 10.3. The van der Waals surface area contributed by atoms with Gasteiger partial charge in [-0.05, 0) is 62.1 Å². The van der Waals surface area contributed by atoms with Crippen LogP contribution in [-0.2, 0) is 22.6 Å². The monoisotopic (exact) mass is 478 g/mol. The molecule has 0 bridgehead atoms. The van der Waals surface area contributed by atoms with E-state index in [9.17, 15) is 9.59 Å². The van der Waals surface area contributed by atoms with E-state index in [-0.39, 0.29) is 37.6 Å². The summed E-state index contributed by atoms with van der Waals surface area (Å²) in [6.45, 7) is 6.17. The van der Waals surface area contributed by atoms with Gasteiger partial charge in [-0.15, -0.1) is 0 Å². The van der Waals surface area contributed by atoms with E-state index in [1.807, 2.05) is 45.0 Å². The Bertz CT molecular complexity index is 980. The van der Waals surface area contributed by atoms with Crippen LogP contribution in [0.1, 0.15) is 44.7 Å². The lowest BCUT2D eigenvalue weighted by molar-refractivity contribution is -0.141. The van der Waals surface area contributed by atoms with Gasteiger partial charge >= 0.3 is 0 Å². The molecule has 0 saturated heterocycles. The van der Waals surface area contributed by atoms with E-state index in [1.54, 1.807) is 17.0 Å². The summed E-state index contributed by atoms with van der Waals surface area (Å²) in [4.78, 5) is 27.8. The van der Waals surface area contributed by atoms with Gasteiger partial charge in [-0.25, -0.2) is 0 Å². The standard InChI is InChI=1S/C24H28Cl2N2O4/c1-4-20(24(30)27-15(2)3)28(13-17-5-8-18(25)19(26)11-17)23(29)10-7-16-6-9-21-22(12-16)32-14-31-21/h5-6,8-9,11-12,15,20H,4,7,10,13-14H2,1-3H3,(H,27,30)/t20-/m0/s1. The number of nitrogens with one attached hydrogen (secondary N) is 1. The Morgan fingerprint density at radius 3 is 2.44 bits per heavy atom. The van der Waals surface area contributed by atoms with Crippen LogP contribution in [0.4, 0.5) is 0 Å². The summed E-state index contributed by atoms with van der Waals surface area (Å²) < 4.78 is 10.8. The predicted molar refractivity (Wildman–Crippen MR) is 125 cm³/mol. The van der Waals surface area contributed by atoms with Crippen LogP contribution in [0.3, 0.4) is 0 Å². The number of nitrogens with zero attached hydrogens (tertiary/aromatic N) is 1. The number of hydrogen-bond donors (Lipinski definition) is 1. The van der Waals surface area contributed by atoms with Gasteiger partial charge in [0.05, 0.1) is 10.0 Å². The first-order valence-corrected chi connectivity index (χ1v) is 11.5. The highest BCUT2D eigenvalue weighted by Gasteiger charge is 2.29. The number of rotatable bonds is 9. The molecule has 1 atom stereocenters. The molecule has 2 aromatic rings. The van der Waals surface area contributed by atoms with Gasteiger partial charge < -0.3 is 19.7 Å². The quantitative estimate of drug-likeness (QED) is 0.551. The van der Waals surface area contributed by atoms with Crippen LogP contribution >= 0.6 is 23.2 Å². The molecule has 2 aromatic carbocycles. The zero-order valence-corrected chi connectivity index (χ0v) is 20.0. The molecule has 8 heteroatoms. The third-order valence-electron chi connectivity index (χ3n) is 5.22. The van der Waals surface area contributed by atoms with Gasteiger partial charge in [0.1, 0.15) is 6.04 Å². The van der Waals surface area contributed by atoms with Gasteiger partial charge in [0.15, 0.2) is 11.5 Å². The first-order chi connectivity index (χ1) is 15.3. The molecule has 32 heavy (non-hydrogen) atoms. The fraction of sp³-hybridized carbons (Fsp3) is 0.417. The number of fused-ring (bicyclic) bond motifs is 1. The number of amides is 2. The number of aryl methyl sites for hydroxylation is 1. The average molecular weight is 479 g/mol. The van der Waals surface area contributed by atoms with Gasteiger partial charge in [-0.2, -0.15) is 0 Å². The third kappa shape index (κ3) is 6.08. The highest BCUT2D eigenvalue weighted by Crippen LogP contribution is 2.33. The molecule has 0 unspecified atom stereocenters. The number of benzene rings is 2. The first kappa shape index (κ1) is 24.2. The normalized spacial score (nSPS) is 13.2. The van der Waals surface area contributed by atoms with Gasteiger partial charge in [-0.1, -0.05) is 42.3 Å². The predicted octanol–water partition coefficient (Wildman–Crippen LogP) is 4.99. The Hall–Kier alpha value is -2.44. The Labute approximate surface area is 198 Å². The molecule has 0 fully saturated rings. The maximum Gasteiger partial charge on any atom is 0.243 e. The lowest BCUT2D eigenvalue weighted by Gasteiger charge is -2.31. The highest BCUT2D eigenvalue weighted by molar-refractivity contribution is 6.42. The van der Waals surface area contributed by atoms with E-state index in [1.165, 1.54) is 0 Å². The number of ether oxygens (including phenoxy) is 2. The molecule has 1 N–H and O–H groups in total. The van der Waals surface area contributed by atoms with Gasteiger partial charge in [0.2, 0.25) is 18.6 Å².